The van der Waals surface area contributed by atoms with Crippen molar-refractivity contribution in [3.05, 3.63) is 35.9 Å². The molecule has 0 bridgehead atoms. The fraction of sp³-hybridized carbons (Fsp3) is 0.500. The van der Waals surface area contributed by atoms with Crippen molar-refractivity contribution in [2.75, 3.05) is 6.61 Å². The molecular formula is C16H23NO6. The molecule has 1 aromatic carbocycles. The number of aliphatic hydroxyl groups is 1. The fourth-order valence-electron chi connectivity index (χ4n) is 1.77. The highest BCUT2D eigenvalue weighted by molar-refractivity contribution is 5.79. The minimum Gasteiger partial charge on any atom is -0.480 e. The summed E-state index contributed by atoms with van der Waals surface area (Å²) >= 11 is 0. The van der Waals surface area contributed by atoms with Gasteiger partial charge >= 0.3 is 12.1 Å². The largest absolute Gasteiger partial charge is 0.480 e. The van der Waals surface area contributed by atoms with Crippen LogP contribution in [0.25, 0.3) is 0 Å². The van der Waals surface area contributed by atoms with E-state index in [1.54, 1.807) is 26.0 Å². The monoisotopic (exact) mass is 325 g/mol. The molecule has 0 fully saturated rings. The van der Waals surface area contributed by atoms with Gasteiger partial charge in [-0.2, -0.15) is 0 Å². The second kappa shape index (κ2) is 9.81. The van der Waals surface area contributed by atoms with Gasteiger partial charge in [-0.3, -0.25) is 0 Å². The summed E-state index contributed by atoms with van der Waals surface area (Å²) in [5.74, 6) is -1.25. The lowest BCUT2D eigenvalue weighted by Crippen LogP contribution is -2.43. The van der Waals surface area contributed by atoms with Crippen molar-refractivity contribution in [1.29, 1.82) is 0 Å². The van der Waals surface area contributed by atoms with Gasteiger partial charge in [0.15, 0.2) is 0 Å². The number of ether oxygens (including phenoxy) is 2. The number of hydrogen-bond donors (Lipinski definition) is 3. The highest BCUT2D eigenvalue weighted by Gasteiger charge is 2.24. The number of aliphatic carboxylic acids is 1. The number of carboxylic acid groups (broad SMARTS) is 1. The van der Waals surface area contributed by atoms with Gasteiger partial charge in [-0.15, -0.1) is 0 Å². The highest BCUT2D eigenvalue weighted by atomic mass is 16.5. The Kier molecular flexibility index (Phi) is 8.07. The summed E-state index contributed by atoms with van der Waals surface area (Å²) in [6, 6.07) is 7.78. The molecule has 0 saturated carbocycles. The minimum atomic E-state index is -1.25. The van der Waals surface area contributed by atoms with Crippen LogP contribution in [-0.2, 0) is 20.9 Å². The van der Waals surface area contributed by atoms with Gasteiger partial charge in [0.1, 0.15) is 12.6 Å². The number of rotatable bonds is 9. The Bertz CT molecular complexity index is 491. The number of nitrogens with one attached hydrogen (secondary N) is 1. The van der Waals surface area contributed by atoms with Crippen LogP contribution >= 0.6 is 0 Å². The lowest BCUT2D eigenvalue weighted by Gasteiger charge is -2.19. The summed E-state index contributed by atoms with van der Waals surface area (Å²) in [5.41, 5.74) is 0.792. The van der Waals surface area contributed by atoms with Gasteiger partial charge in [0.2, 0.25) is 0 Å². The first kappa shape index (κ1) is 18.9. The molecule has 0 radical (unpaired) electrons. The van der Waals surface area contributed by atoms with Crippen LogP contribution in [0.1, 0.15) is 25.8 Å². The number of carboxylic acids is 1. The van der Waals surface area contributed by atoms with Crippen molar-refractivity contribution in [2.45, 2.75) is 45.1 Å². The molecule has 1 rings (SSSR count). The summed E-state index contributed by atoms with van der Waals surface area (Å²) in [6.07, 6.45) is -2.08. The normalized spacial score (nSPS) is 13.4. The Hall–Kier alpha value is -2.12. The zero-order valence-corrected chi connectivity index (χ0v) is 13.3. The SMILES string of the molecule is CC(C)OCC(O)CC(NC(=O)OCc1ccccc1)C(=O)O. The molecule has 0 spiro atoms. The summed E-state index contributed by atoms with van der Waals surface area (Å²) in [4.78, 5) is 22.8. The number of amides is 1. The molecule has 0 aliphatic rings. The predicted molar refractivity (Wildman–Crippen MR) is 82.9 cm³/mol. The molecule has 7 heteroatoms. The topological polar surface area (TPSA) is 105 Å². The van der Waals surface area contributed by atoms with Gasteiger partial charge in [0.05, 0.1) is 18.8 Å². The van der Waals surface area contributed by atoms with E-state index in [1.807, 2.05) is 18.2 Å². The van der Waals surface area contributed by atoms with Crippen molar-refractivity contribution in [3.8, 4) is 0 Å². The summed E-state index contributed by atoms with van der Waals surface area (Å²) in [6.45, 7) is 3.65. The maximum atomic E-state index is 11.7. The first-order chi connectivity index (χ1) is 10.9. The van der Waals surface area contributed by atoms with E-state index in [-0.39, 0.29) is 25.7 Å². The first-order valence-electron chi connectivity index (χ1n) is 7.38. The van der Waals surface area contributed by atoms with Crippen molar-refractivity contribution in [3.63, 3.8) is 0 Å². The lowest BCUT2D eigenvalue weighted by molar-refractivity contribution is -0.140. The number of carbonyl (C=O) groups excluding carboxylic acids is 1. The third-order valence-electron chi connectivity index (χ3n) is 2.93. The second-order valence-electron chi connectivity index (χ2n) is 5.37. The van der Waals surface area contributed by atoms with Gasteiger partial charge in [-0.05, 0) is 19.4 Å². The van der Waals surface area contributed by atoms with Crippen molar-refractivity contribution < 1.29 is 29.3 Å². The van der Waals surface area contributed by atoms with Crippen molar-refractivity contribution in [1.82, 2.24) is 5.32 Å². The molecular weight excluding hydrogens is 302 g/mol. The van der Waals surface area contributed by atoms with E-state index in [4.69, 9.17) is 14.6 Å². The molecule has 0 saturated heterocycles. The molecule has 0 aliphatic heterocycles. The zero-order chi connectivity index (χ0) is 17.2. The highest BCUT2D eigenvalue weighted by Crippen LogP contribution is 2.04. The fourth-order valence-corrected chi connectivity index (χ4v) is 1.77. The van der Waals surface area contributed by atoms with E-state index < -0.39 is 24.2 Å². The third-order valence-corrected chi connectivity index (χ3v) is 2.93. The number of carbonyl (C=O) groups is 2. The van der Waals surface area contributed by atoms with Crippen LogP contribution in [0, 0.1) is 0 Å². The average Bonchev–Trinajstić information content (AvgIpc) is 2.51. The molecule has 128 valence electrons. The van der Waals surface area contributed by atoms with Gasteiger partial charge in [-0.1, -0.05) is 30.3 Å². The Morgan fingerprint density at radius 1 is 1.22 bits per heavy atom. The summed E-state index contributed by atoms with van der Waals surface area (Å²) < 4.78 is 10.2. The van der Waals surface area contributed by atoms with Gasteiger partial charge in [-0.25, -0.2) is 9.59 Å². The molecule has 0 aromatic heterocycles. The third kappa shape index (κ3) is 8.18. The van der Waals surface area contributed by atoms with E-state index in [0.29, 0.717) is 0 Å². The Balaban J connectivity index is 2.42. The molecule has 2 unspecified atom stereocenters. The minimum absolute atomic E-state index is 0.00217. The number of alkyl carbamates (subject to hydrolysis) is 1. The molecule has 23 heavy (non-hydrogen) atoms. The summed E-state index contributed by atoms with van der Waals surface area (Å²) in [7, 11) is 0. The van der Waals surface area contributed by atoms with E-state index in [0.717, 1.165) is 5.56 Å². The van der Waals surface area contributed by atoms with Crippen LogP contribution in [0.3, 0.4) is 0 Å². The van der Waals surface area contributed by atoms with Crippen LogP contribution < -0.4 is 5.32 Å². The molecule has 1 aromatic rings. The smallest absolute Gasteiger partial charge is 0.408 e. The van der Waals surface area contributed by atoms with Crippen LogP contribution in [0.4, 0.5) is 4.79 Å². The maximum absolute atomic E-state index is 11.7. The Morgan fingerprint density at radius 3 is 2.43 bits per heavy atom. The Labute approximate surface area is 135 Å². The first-order valence-corrected chi connectivity index (χ1v) is 7.38. The van der Waals surface area contributed by atoms with Crippen LogP contribution in [-0.4, -0.2) is 47.1 Å². The van der Waals surface area contributed by atoms with E-state index >= 15 is 0 Å². The maximum Gasteiger partial charge on any atom is 0.408 e. The molecule has 1 amide bonds. The zero-order valence-electron chi connectivity index (χ0n) is 13.3. The van der Waals surface area contributed by atoms with Crippen LogP contribution in [0.2, 0.25) is 0 Å². The molecule has 2 atom stereocenters. The van der Waals surface area contributed by atoms with Crippen molar-refractivity contribution >= 4 is 12.1 Å². The Morgan fingerprint density at radius 2 is 1.87 bits per heavy atom. The number of hydrogen-bond acceptors (Lipinski definition) is 5. The van der Waals surface area contributed by atoms with Gasteiger partial charge in [0, 0.05) is 6.42 Å². The lowest BCUT2D eigenvalue weighted by atomic mass is 10.1. The standard InChI is InChI=1S/C16H23NO6/c1-11(2)22-10-13(18)8-14(15(19)20)17-16(21)23-9-12-6-4-3-5-7-12/h3-7,11,13-14,18H,8-10H2,1-2H3,(H,17,21)(H,19,20). The van der Waals surface area contributed by atoms with Gasteiger partial charge < -0.3 is 25.0 Å². The van der Waals surface area contributed by atoms with Crippen LogP contribution in [0.15, 0.2) is 30.3 Å². The predicted octanol–water partition coefficient (Wildman–Crippen LogP) is 1.54. The molecule has 3 N–H and O–H groups in total. The summed E-state index contributed by atoms with van der Waals surface area (Å²) in [5, 5.41) is 21.1. The van der Waals surface area contributed by atoms with Gasteiger partial charge in [0.25, 0.3) is 0 Å². The second-order valence-corrected chi connectivity index (χ2v) is 5.37. The van der Waals surface area contributed by atoms with Crippen LogP contribution in [0.5, 0.6) is 0 Å². The average molecular weight is 325 g/mol. The number of aliphatic hydroxyl groups excluding tert-OH is 1. The molecule has 0 heterocycles. The van der Waals surface area contributed by atoms with E-state index in [1.165, 1.54) is 0 Å². The van der Waals surface area contributed by atoms with E-state index in [2.05, 4.69) is 5.32 Å². The molecule has 7 nitrogen and oxygen atoms in total. The quantitative estimate of drug-likeness (QED) is 0.636. The molecule has 0 aliphatic carbocycles. The van der Waals surface area contributed by atoms with E-state index in [9.17, 15) is 14.7 Å². The number of benzene rings is 1. The van der Waals surface area contributed by atoms with Crippen molar-refractivity contribution in [2.24, 2.45) is 0 Å².